The molecule has 3 rings (SSSR count). The third kappa shape index (κ3) is 2.98. The van der Waals surface area contributed by atoms with Gasteiger partial charge in [-0.25, -0.2) is 4.79 Å². The van der Waals surface area contributed by atoms with Crippen LogP contribution in [0, 0.1) is 5.41 Å². The number of ether oxygens (including phenoxy) is 1. The molecular weight excluding hydrogens is 276 g/mol. The van der Waals surface area contributed by atoms with Gasteiger partial charge in [-0.1, -0.05) is 30.3 Å². The summed E-state index contributed by atoms with van der Waals surface area (Å²) in [5, 5.41) is 3.48. The van der Waals surface area contributed by atoms with Crippen LogP contribution in [-0.4, -0.2) is 42.8 Å². The number of likely N-dealkylation sites (tertiary alicyclic amines) is 1. The van der Waals surface area contributed by atoms with E-state index in [9.17, 15) is 4.79 Å². The van der Waals surface area contributed by atoms with Crippen molar-refractivity contribution >= 4 is 6.09 Å². The summed E-state index contributed by atoms with van der Waals surface area (Å²) < 4.78 is 5.58. The van der Waals surface area contributed by atoms with Gasteiger partial charge in [-0.15, -0.1) is 0 Å². The molecule has 4 nitrogen and oxygen atoms in total. The highest BCUT2D eigenvalue weighted by atomic mass is 16.6. The number of carbonyl (C=O) groups excluding carboxylic acids is 1. The summed E-state index contributed by atoms with van der Waals surface area (Å²) in [7, 11) is 0. The Morgan fingerprint density at radius 3 is 2.64 bits per heavy atom. The van der Waals surface area contributed by atoms with E-state index in [1.165, 1.54) is 5.56 Å². The van der Waals surface area contributed by atoms with Crippen LogP contribution >= 0.6 is 0 Å². The van der Waals surface area contributed by atoms with Crippen LogP contribution in [0.25, 0.3) is 0 Å². The van der Waals surface area contributed by atoms with Gasteiger partial charge in [0.1, 0.15) is 5.60 Å². The second kappa shape index (κ2) is 5.58. The van der Waals surface area contributed by atoms with Crippen molar-refractivity contribution in [2.75, 3.05) is 26.2 Å². The Morgan fingerprint density at radius 1 is 1.32 bits per heavy atom. The zero-order valence-electron chi connectivity index (χ0n) is 13.8. The van der Waals surface area contributed by atoms with Gasteiger partial charge in [0.25, 0.3) is 0 Å². The molecule has 0 aromatic heterocycles. The highest BCUT2D eigenvalue weighted by Gasteiger charge is 2.50. The third-order valence-electron chi connectivity index (χ3n) is 4.78. The highest BCUT2D eigenvalue weighted by molar-refractivity contribution is 5.69. The number of rotatable bonds is 1. The van der Waals surface area contributed by atoms with E-state index in [2.05, 4.69) is 29.6 Å². The van der Waals surface area contributed by atoms with Gasteiger partial charge in [0, 0.05) is 31.0 Å². The summed E-state index contributed by atoms with van der Waals surface area (Å²) in [6.07, 6.45) is 0.934. The lowest BCUT2D eigenvalue weighted by Gasteiger charge is -2.29. The van der Waals surface area contributed by atoms with E-state index in [4.69, 9.17) is 4.74 Å². The third-order valence-corrected chi connectivity index (χ3v) is 4.78. The van der Waals surface area contributed by atoms with E-state index >= 15 is 0 Å². The Kier molecular flexibility index (Phi) is 3.89. The first-order valence-electron chi connectivity index (χ1n) is 8.13. The Hall–Kier alpha value is -1.55. The zero-order chi connectivity index (χ0) is 15.8. The van der Waals surface area contributed by atoms with E-state index in [0.29, 0.717) is 5.92 Å². The average Bonchev–Trinajstić information content (AvgIpc) is 3.07. The molecule has 0 bridgehead atoms. The van der Waals surface area contributed by atoms with Crippen LogP contribution in [-0.2, 0) is 4.74 Å². The number of hydrogen-bond donors (Lipinski definition) is 1. The monoisotopic (exact) mass is 302 g/mol. The van der Waals surface area contributed by atoms with E-state index in [1.807, 2.05) is 31.7 Å². The normalized spacial score (nSPS) is 28.3. The van der Waals surface area contributed by atoms with Gasteiger partial charge in [-0.3, -0.25) is 0 Å². The van der Waals surface area contributed by atoms with Crippen LogP contribution in [0.5, 0.6) is 0 Å². The minimum absolute atomic E-state index is 0.151. The van der Waals surface area contributed by atoms with Crippen LogP contribution in [0.3, 0.4) is 0 Å². The lowest BCUT2D eigenvalue weighted by atomic mass is 9.74. The van der Waals surface area contributed by atoms with Crippen molar-refractivity contribution in [3.05, 3.63) is 35.9 Å². The van der Waals surface area contributed by atoms with E-state index in [-0.39, 0.29) is 11.5 Å². The van der Waals surface area contributed by atoms with Crippen LogP contribution in [0.2, 0.25) is 0 Å². The summed E-state index contributed by atoms with van der Waals surface area (Å²) >= 11 is 0. The zero-order valence-corrected chi connectivity index (χ0v) is 13.8. The molecule has 1 aromatic rings. The largest absolute Gasteiger partial charge is 0.444 e. The topological polar surface area (TPSA) is 41.6 Å². The summed E-state index contributed by atoms with van der Waals surface area (Å²) in [6.45, 7) is 9.31. The maximum atomic E-state index is 12.5. The SMILES string of the molecule is CC(C)(C)OC(=O)N1C[C@@H](c2ccccc2)[C@@]2(CCNC2)C1. The number of carbonyl (C=O) groups is 1. The molecule has 0 radical (unpaired) electrons. The lowest BCUT2D eigenvalue weighted by Crippen LogP contribution is -2.37. The van der Waals surface area contributed by atoms with E-state index in [1.54, 1.807) is 0 Å². The summed E-state index contributed by atoms with van der Waals surface area (Å²) in [5.74, 6) is 0.385. The van der Waals surface area contributed by atoms with Gasteiger partial charge in [0.2, 0.25) is 0 Å². The van der Waals surface area contributed by atoms with Crippen molar-refractivity contribution in [2.45, 2.75) is 38.7 Å². The Balaban J connectivity index is 1.82. The fourth-order valence-corrected chi connectivity index (χ4v) is 3.77. The molecule has 2 aliphatic rings. The number of nitrogens with zero attached hydrogens (tertiary/aromatic N) is 1. The minimum atomic E-state index is -0.441. The average molecular weight is 302 g/mol. The van der Waals surface area contributed by atoms with Gasteiger partial charge in [0.15, 0.2) is 0 Å². The molecule has 120 valence electrons. The first kappa shape index (κ1) is 15.3. The predicted molar refractivity (Wildman–Crippen MR) is 86.9 cm³/mol. The summed E-state index contributed by atoms with van der Waals surface area (Å²) in [5.41, 5.74) is 1.04. The Morgan fingerprint density at radius 2 is 2.05 bits per heavy atom. The molecule has 1 spiro atoms. The van der Waals surface area contributed by atoms with Gasteiger partial charge in [-0.2, -0.15) is 0 Å². The number of benzene rings is 1. The highest BCUT2D eigenvalue weighted by Crippen LogP contribution is 2.47. The Bertz CT molecular complexity index is 530. The van der Waals surface area contributed by atoms with Crippen LogP contribution in [0.4, 0.5) is 4.79 Å². The maximum Gasteiger partial charge on any atom is 0.410 e. The second-order valence-corrected chi connectivity index (χ2v) is 7.61. The lowest BCUT2D eigenvalue weighted by molar-refractivity contribution is 0.0275. The summed E-state index contributed by atoms with van der Waals surface area (Å²) in [6, 6.07) is 10.6. The molecule has 0 aliphatic carbocycles. The predicted octanol–water partition coefficient (Wildman–Crippen LogP) is 3.00. The first-order chi connectivity index (χ1) is 10.4. The quantitative estimate of drug-likeness (QED) is 0.867. The fraction of sp³-hybridized carbons (Fsp3) is 0.611. The van der Waals surface area contributed by atoms with Crippen LogP contribution < -0.4 is 5.32 Å². The van der Waals surface area contributed by atoms with Gasteiger partial charge in [-0.05, 0) is 39.3 Å². The van der Waals surface area contributed by atoms with E-state index < -0.39 is 5.60 Å². The maximum absolute atomic E-state index is 12.5. The van der Waals surface area contributed by atoms with Crippen molar-refractivity contribution in [1.82, 2.24) is 10.2 Å². The number of hydrogen-bond acceptors (Lipinski definition) is 3. The minimum Gasteiger partial charge on any atom is -0.444 e. The first-order valence-corrected chi connectivity index (χ1v) is 8.13. The molecule has 0 unspecified atom stereocenters. The molecule has 2 fully saturated rings. The molecule has 2 atom stereocenters. The molecule has 2 saturated heterocycles. The van der Waals surface area contributed by atoms with Crippen molar-refractivity contribution in [2.24, 2.45) is 5.41 Å². The second-order valence-electron chi connectivity index (χ2n) is 7.61. The van der Waals surface area contributed by atoms with Gasteiger partial charge >= 0.3 is 6.09 Å². The summed E-state index contributed by atoms with van der Waals surface area (Å²) in [4.78, 5) is 14.4. The molecule has 2 heterocycles. The molecule has 2 aliphatic heterocycles. The van der Waals surface area contributed by atoms with Gasteiger partial charge < -0.3 is 15.0 Å². The van der Waals surface area contributed by atoms with Gasteiger partial charge in [0.05, 0.1) is 0 Å². The van der Waals surface area contributed by atoms with E-state index in [0.717, 1.165) is 32.6 Å². The molecule has 1 aromatic carbocycles. The molecule has 4 heteroatoms. The molecule has 1 N–H and O–H groups in total. The number of nitrogens with one attached hydrogen (secondary N) is 1. The standard InChI is InChI=1S/C18H26N2O2/c1-17(2,3)22-16(21)20-11-15(14-7-5-4-6-8-14)18(13-20)9-10-19-12-18/h4-8,15,19H,9-13H2,1-3H3/t15-,18+/m0/s1. The smallest absolute Gasteiger partial charge is 0.410 e. The molecule has 1 amide bonds. The van der Waals surface area contributed by atoms with Crippen LogP contribution in [0.15, 0.2) is 30.3 Å². The van der Waals surface area contributed by atoms with Crippen molar-refractivity contribution < 1.29 is 9.53 Å². The van der Waals surface area contributed by atoms with Crippen molar-refractivity contribution in [3.8, 4) is 0 Å². The molecule has 22 heavy (non-hydrogen) atoms. The molecule has 0 saturated carbocycles. The van der Waals surface area contributed by atoms with Crippen molar-refractivity contribution in [3.63, 3.8) is 0 Å². The fourth-order valence-electron chi connectivity index (χ4n) is 3.77. The number of amides is 1. The van der Waals surface area contributed by atoms with Crippen molar-refractivity contribution in [1.29, 1.82) is 0 Å². The molecular formula is C18H26N2O2. The van der Waals surface area contributed by atoms with Crippen LogP contribution in [0.1, 0.15) is 38.7 Å². The Labute approximate surface area is 132 Å².